The van der Waals surface area contributed by atoms with Crippen molar-refractivity contribution in [3.05, 3.63) is 60.2 Å². The summed E-state index contributed by atoms with van der Waals surface area (Å²) >= 11 is 0. The summed E-state index contributed by atoms with van der Waals surface area (Å²) in [7, 11) is 1.63. The second-order valence-electron chi connectivity index (χ2n) is 10.3. The molecule has 2 aliphatic rings. The first-order valence-electron chi connectivity index (χ1n) is 13.1. The summed E-state index contributed by atoms with van der Waals surface area (Å²) in [6.45, 7) is 5.98. The van der Waals surface area contributed by atoms with Crippen molar-refractivity contribution in [2.45, 2.75) is 45.1 Å². The van der Waals surface area contributed by atoms with Crippen LogP contribution in [0.15, 0.2) is 54.6 Å². The van der Waals surface area contributed by atoms with Gasteiger partial charge >= 0.3 is 0 Å². The Hall–Kier alpha value is -3.55. The first-order valence-corrected chi connectivity index (χ1v) is 13.1. The third-order valence-corrected chi connectivity index (χ3v) is 7.35. The van der Waals surface area contributed by atoms with Gasteiger partial charge in [0.25, 0.3) is 5.91 Å². The SMILES string of the molecule is COc1ccccc1CCNC(=O)CN1CN(c2ccccc2)C2(CCN(C(=O)CC(C)C)CC2)C1=O. The number of hydrogen-bond donors (Lipinski definition) is 1. The lowest BCUT2D eigenvalue weighted by Crippen LogP contribution is -2.57. The number of amides is 3. The van der Waals surface area contributed by atoms with Crippen LogP contribution < -0.4 is 15.0 Å². The molecule has 0 atom stereocenters. The van der Waals surface area contributed by atoms with E-state index >= 15 is 0 Å². The standard InChI is InChI=1S/C29H38N4O4/c1-22(2)19-27(35)31-17-14-29(15-18-31)28(36)32(21-33(29)24-10-5-4-6-11-24)20-26(34)30-16-13-23-9-7-8-12-25(23)37-3/h4-12,22H,13-21H2,1-3H3,(H,30,34). The maximum absolute atomic E-state index is 13.8. The number of ether oxygens (including phenoxy) is 1. The number of para-hydroxylation sites is 2. The van der Waals surface area contributed by atoms with E-state index in [1.807, 2.05) is 73.3 Å². The molecule has 1 spiro atoms. The van der Waals surface area contributed by atoms with Crippen LogP contribution in [0.4, 0.5) is 5.69 Å². The number of benzene rings is 2. The Morgan fingerprint density at radius 3 is 2.38 bits per heavy atom. The van der Waals surface area contributed by atoms with Gasteiger partial charge in [0.05, 0.1) is 13.8 Å². The first kappa shape index (κ1) is 26.5. The van der Waals surface area contributed by atoms with Crippen LogP contribution in [0.2, 0.25) is 0 Å². The number of nitrogens with one attached hydrogen (secondary N) is 1. The minimum atomic E-state index is -0.742. The van der Waals surface area contributed by atoms with E-state index in [0.29, 0.717) is 57.9 Å². The highest BCUT2D eigenvalue weighted by Gasteiger charge is 2.54. The topological polar surface area (TPSA) is 82.2 Å². The summed E-state index contributed by atoms with van der Waals surface area (Å²) < 4.78 is 5.39. The van der Waals surface area contributed by atoms with Crippen molar-refractivity contribution >= 4 is 23.4 Å². The van der Waals surface area contributed by atoms with Gasteiger partial charge in [0.2, 0.25) is 11.8 Å². The van der Waals surface area contributed by atoms with E-state index in [1.54, 1.807) is 12.0 Å². The molecule has 2 aromatic carbocycles. The monoisotopic (exact) mass is 506 g/mol. The molecule has 2 aliphatic heterocycles. The summed E-state index contributed by atoms with van der Waals surface area (Å²) in [4.78, 5) is 45.0. The van der Waals surface area contributed by atoms with Crippen LogP contribution in [0, 0.1) is 5.92 Å². The molecule has 4 rings (SSSR count). The van der Waals surface area contributed by atoms with Crippen molar-refractivity contribution < 1.29 is 19.1 Å². The predicted octanol–water partition coefficient (Wildman–Crippen LogP) is 3.07. The molecule has 1 N–H and O–H groups in total. The highest BCUT2D eigenvalue weighted by atomic mass is 16.5. The van der Waals surface area contributed by atoms with E-state index in [9.17, 15) is 14.4 Å². The van der Waals surface area contributed by atoms with E-state index in [1.165, 1.54) is 0 Å². The molecule has 8 heteroatoms. The molecule has 0 saturated carbocycles. The van der Waals surface area contributed by atoms with Crippen LogP contribution >= 0.6 is 0 Å². The smallest absolute Gasteiger partial charge is 0.250 e. The van der Waals surface area contributed by atoms with E-state index in [4.69, 9.17) is 4.74 Å². The van der Waals surface area contributed by atoms with Gasteiger partial charge in [-0.15, -0.1) is 0 Å². The van der Waals surface area contributed by atoms with E-state index in [-0.39, 0.29) is 24.3 Å². The van der Waals surface area contributed by atoms with Gasteiger partial charge in [0, 0.05) is 31.7 Å². The average Bonchev–Trinajstić information content (AvgIpc) is 3.15. The Balaban J connectivity index is 1.42. The minimum Gasteiger partial charge on any atom is -0.496 e. The number of anilines is 1. The molecule has 0 aliphatic carbocycles. The number of carbonyl (C=O) groups is 3. The van der Waals surface area contributed by atoms with Gasteiger partial charge in [0.15, 0.2) is 0 Å². The molecule has 198 valence electrons. The Labute approximate surface area is 219 Å². The maximum Gasteiger partial charge on any atom is 0.250 e. The zero-order chi connectivity index (χ0) is 26.4. The summed E-state index contributed by atoms with van der Waals surface area (Å²) in [5.74, 6) is 1.03. The van der Waals surface area contributed by atoms with Gasteiger partial charge in [-0.25, -0.2) is 0 Å². The molecule has 8 nitrogen and oxygen atoms in total. The van der Waals surface area contributed by atoms with Crippen LogP contribution in [-0.4, -0.2) is 73.0 Å². The molecule has 0 aromatic heterocycles. The molecule has 0 unspecified atom stereocenters. The normalized spacial score (nSPS) is 17.0. The minimum absolute atomic E-state index is 0.00579. The van der Waals surface area contributed by atoms with Crippen LogP contribution in [-0.2, 0) is 20.8 Å². The van der Waals surface area contributed by atoms with E-state index in [0.717, 1.165) is 17.0 Å². The predicted molar refractivity (Wildman–Crippen MR) is 143 cm³/mol. The van der Waals surface area contributed by atoms with Crippen LogP contribution in [0.1, 0.15) is 38.7 Å². The summed E-state index contributed by atoms with van der Waals surface area (Å²) in [5.41, 5.74) is 1.24. The number of piperidine rings is 1. The molecule has 37 heavy (non-hydrogen) atoms. The Morgan fingerprint density at radius 1 is 1.03 bits per heavy atom. The zero-order valence-electron chi connectivity index (χ0n) is 22.1. The van der Waals surface area contributed by atoms with E-state index in [2.05, 4.69) is 10.2 Å². The number of hydrogen-bond acceptors (Lipinski definition) is 5. The van der Waals surface area contributed by atoms with Gasteiger partial charge < -0.3 is 24.8 Å². The number of rotatable bonds is 9. The molecule has 2 aromatic rings. The van der Waals surface area contributed by atoms with Crippen molar-refractivity contribution in [3.8, 4) is 5.75 Å². The lowest BCUT2D eigenvalue weighted by Gasteiger charge is -2.43. The van der Waals surface area contributed by atoms with Gasteiger partial charge in [-0.05, 0) is 48.9 Å². The molecule has 2 heterocycles. The van der Waals surface area contributed by atoms with Crippen molar-refractivity contribution in [1.29, 1.82) is 0 Å². The molecule has 3 amide bonds. The Kier molecular flexibility index (Phi) is 8.36. The molecule has 2 saturated heterocycles. The van der Waals surface area contributed by atoms with Crippen LogP contribution in [0.3, 0.4) is 0 Å². The quantitative estimate of drug-likeness (QED) is 0.565. The maximum atomic E-state index is 13.8. The summed E-state index contributed by atoms with van der Waals surface area (Å²) in [6.07, 6.45) is 2.27. The van der Waals surface area contributed by atoms with Crippen LogP contribution in [0.25, 0.3) is 0 Å². The third-order valence-electron chi connectivity index (χ3n) is 7.35. The average molecular weight is 507 g/mol. The molecule has 0 bridgehead atoms. The number of carbonyl (C=O) groups excluding carboxylic acids is 3. The highest BCUT2D eigenvalue weighted by Crippen LogP contribution is 2.39. The fraction of sp³-hybridized carbons (Fsp3) is 0.483. The fourth-order valence-corrected chi connectivity index (χ4v) is 5.40. The number of methoxy groups -OCH3 is 1. The molecule has 2 fully saturated rings. The molecule has 0 radical (unpaired) electrons. The summed E-state index contributed by atoms with van der Waals surface area (Å²) in [5, 5.41) is 2.96. The third kappa shape index (κ3) is 5.89. The summed E-state index contributed by atoms with van der Waals surface area (Å²) in [6, 6.07) is 17.6. The Morgan fingerprint density at radius 2 is 1.70 bits per heavy atom. The Bertz CT molecular complexity index is 1100. The van der Waals surface area contributed by atoms with Crippen molar-refractivity contribution in [2.24, 2.45) is 5.92 Å². The van der Waals surface area contributed by atoms with E-state index < -0.39 is 5.54 Å². The fourth-order valence-electron chi connectivity index (χ4n) is 5.40. The lowest BCUT2D eigenvalue weighted by atomic mass is 9.85. The second-order valence-corrected chi connectivity index (χ2v) is 10.3. The lowest BCUT2D eigenvalue weighted by molar-refractivity contribution is -0.140. The highest BCUT2D eigenvalue weighted by molar-refractivity contribution is 5.96. The first-order chi connectivity index (χ1) is 17.8. The van der Waals surface area contributed by atoms with Crippen molar-refractivity contribution in [1.82, 2.24) is 15.1 Å². The van der Waals surface area contributed by atoms with Crippen molar-refractivity contribution in [3.63, 3.8) is 0 Å². The zero-order valence-corrected chi connectivity index (χ0v) is 22.1. The number of likely N-dealkylation sites (tertiary alicyclic amines) is 1. The van der Waals surface area contributed by atoms with Gasteiger partial charge in [-0.1, -0.05) is 50.2 Å². The second kappa shape index (κ2) is 11.7. The molecular weight excluding hydrogens is 468 g/mol. The van der Waals surface area contributed by atoms with Crippen molar-refractivity contribution in [2.75, 3.05) is 44.9 Å². The molecular formula is C29H38N4O4. The van der Waals surface area contributed by atoms with Gasteiger partial charge in [0.1, 0.15) is 17.8 Å². The van der Waals surface area contributed by atoms with Crippen LogP contribution in [0.5, 0.6) is 5.75 Å². The van der Waals surface area contributed by atoms with Gasteiger partial charge in [-0.2, -0.15) is 0 Å². The number of nitrogens with zero attached hydrogens (tertiary/aromatic N) is 3. The largest absolute Gasteiger partial charge is 0.496 e. The van der Waals surface area contributed by atoms with Gasteiger partial charge in [-0.3, -0.25) is 14.4 Å².